The SMILES string of the molecule is CCCNC(=O)[C@@H](CC)N(Cc1c(Cl)cccc1Cl)C(=O)CN(c1ccc(OCC)cc1)S(=O)(=O)c1ccc(SC)cc1. The van der Waals surface area contributed by atoms with Crippen molar-refractivity contribution in [3.63, 3.8) is 0 Å². The van der Waals surface area contributed by atoms with Crippen LogP contribution in [0.3, 0.4) is 0 Å². The van der Waals surface area contributed by atoms with Crippen LogP contribution in [0.5, 0.6) is 5.75 Å². The highest BCUT2D eigenvalue weighted by atomic mass is 35.5. The van der Waals surface area contributed by atoms with E-state index < -0.39 is 28.5 Å². The Morgan fingerprint density at radius 3 is 2.12 bits per heavy atom. The first-order chi connectivity index (χ1) is 20.6. The van der Waals surface area contributed by atoms with E-state index in [1.807, 2.05) is 20.1 Å². The van der Waals surface area contributed by atoms with Gasteiger partial charge >= 0.3 is 0 Å². The Bertz CT molecular complexity index is 1470. The standard InChI is InChI=1S/C31H37Cl2N3O5S2/c1-5-19-34-31(38)29(6-2)35(20-26-27(32)9-8-10-28(26)33)30(37)21-36(22-11-13-23(14-12-22)41-7-3)43(39,40)25-17-15-24(42-4)16-18-25/h8-18,29H,5-7,19-21H2,1-4H3,(H,34,38)/t29-/m1/s1. The number of carbonyl (C=O) groups excluding carboxylic acids is 2. The van der Waals surface area contributed by atoms with Crippen LogP contribution in [0.1, 0.15) is 39.2 Å². The van der Waals surface area contributed by atoms with Crippen molar-refractivity contribution < 1.29 is 22.7 Å². The number of anilines is 1. The lowest BCUT2D eigenvalue weighted by atomic mass is 10.1. The van der Waals surface area contributed by atoms with Crippen LogP contribution in [0, 0.1) is 0 Å². The molecule has 0 aliphatic carbocycles. The maximum Gasteiger partial charge on any atom is 0.264 e. The lowest BCUT2D eigenvalue weighted by molar-refractivity contribution is -0.140. The van der Waals surface area contributed by atoms with E-state index >= 15 is 0 Å². The van der Waals surface area contributed by atoms with Gasteiger partial charge in [-0.3, -0.25) is 13.9 Å². The summed E-state index contributed by atoms with van der Waals surface area (Å²) in [5.41, 5.74) is 0.731. The van der Waals surface area contributed by atoms with Crippen molar-refractivity contribution >= 4 is 62.5 Å². The summed E-state index contributed by atoms with van der Waals surface area (Å²) >= 11 is 14.4. The first-order valence-corrected chi connectivity index (χ1v) is 17.4. The molecule has 0 fully saturated rings. The van der Waals surface area contributed by atoms with Crippen molar-refractivity contribution in [2.75, 3.05) is 30.3 Å². The fraction of sp³-hybridized carbons (Fsp3) is 0.355. The lowest BCUT2D eigenvalue weighted by Crippen LogP contribution is -2.52. The van der Waals surface area contributed by atoms with Crippen LogP contribution in [0.2, 0.25) is 10.0 Å². The van der Waals surface area contributed by atoms with E-state index in [4.69, 9.17) is 27.9 Å². The van der Waals surface area contributed by atoms with Gasteiger partial charge < -0.3 is 15.0 Å². The molecular formula is C31H37Cl2N3O5S2. The Morgan fingerprint density at radius 2 is 1.58 bits per heavy atom. The molecule has 2 amide bonds. The molecule has 0 saturated heterocycles. The Balaban J connectivity index is 2.09. The van der Waals surface area contributed by atoms with Crippen molar-refractivity contribution in [2.45, 2.75) is 56.0 Å². The van der Waals surface area contributed by atoms with E-state index in [1.165, 1.54) is 28.8 Å². The van der Waals surface area contributed by atoms with Gasteiger partial charge in [-0.2, -0.15) is 0 Å². The number of ether oxygens (including phenoxy) is 1. The molecule has 0 aromatic heterocycles. The molecule has 0 saturated carbocycles. The minimum absolute atomic E-state index is 0.0282. The average molecular weight is 667 g/mol. The first kappa shape index (κ1) is 34.6. The molecule has 0 bridgehead atoms. The van der Waals surface area contributed by atoms with Crippen LogP contribution in [-0.2, 0) is 26.2 Å². The summed E-state index contributed by atoms with van der Waals surface area (Å²) < 4.78 is 34.7. The van der Waals surface area contributed by atoms with Gasteiger partial charge in [-0.15, -0.1) is 11.8 Å². The van der Waals surface area contributed by atoms with Crippen molar-refractivity contribution in [2.24, 2.45) is 0 Å². The number of thioether (sulfide) groups is 1. The van der Waals surface area contributed by atoms with E-state index in [-0.39, 0.29) is 29.5 Å². The van der Waals surface area contributed by atoms with Crippen LogP contribution in [0.15, 0.2) is 76.5 Å². The van der Waals surface area contributed by atoms with E-state index in [2.05, 4.69) is 5.32 Å². The molecule has 0 unspecified atom stereocenters. The van der Waals surface area contributed by atoms with Gasteiger partial charge in [0.05, 0.1) is 17.2 Å². The van der Waals surface area contributed by atoms with Crippen LogP contribution in [-0.4, -0.2) is 57.1 Å². The number of nitrogens with zero attached hydrogens (tertiary/aromatic N) is 2. The summed E-state index contributed by atoms with van der Waals surface area (Å²) in [6.07, 6.45) is 2.90. The molecular weight excluding hydrogens is 629 g/mol. The molecule has 8 nitrogen and oxygen atoms in total. The van der Waals surface area contributed by atoms with Gasteiger partial charge in [-0.25, -0.2) is 8.42 Å². The Kier molecular flexibility index (Phi) is 13.1. The van der Waals surface area contributed by atoms with Gasteiger partial charge in [-0.05, 0) is 86.7 Å². The van der Waals surface area contributed by atoms with Crippen molar-refractivity contribution in [1.29, 1.82) is 0 Å². The maximum absolute atomic E-state index is 14.2. The first-order valence-electron chi connectivity index (χ1n) is 14.0. The van der Waals surface area contributed by atoms with Crippen LogP contribution < -0.4 is 14.4 Å². The average Bonchev–Trinajstić information content (AvgIpc) is 3.00. The van der Waals surface area contributed by atoms with E-state index in [9.17, 15) is 18.0 Å². The summed E-state index contributed by atoms with van der Waals surface area (Å²) in [5.74, 6) is -0.371. The molecule has 0 radical (unpaired) electrons. The Labute approximate surface area is 268 Å². The summed E-state index contributed by atoms with van der Waals surface area (Å²) in [7, 11) is -4.21. The minimum Gasteiger partial charge on any atom is -0.494 e. The second kappa shape index (κ2) is 16.2. The monoisotopic (exact) mass is 665 g/mol. The van der Waals surface area contributed by atoms with Gasteiger partial charge in [0.2, 0.25) is 11.8 Å². The molecule has 43 heavy (non-hydrogen) atoms. The predicted molar refractivity (Wildman–Crippen MR) is 175 cm³/mol. The number of benzene rings is 3. The second-order valence-corrected chi connectivity index (χ2v) is 13.1. The number of hydrogen-bond acceptors (Lipinski definition) is 6. The molecule has 3 aromatic rings. The van der Waals surface area contributed by atoms with Gasteiger partial charge in [-0.1, -0.05) is 43.1 Å². The zero-order valence-corrected chi connectivity index (χ0v) is 27.8. The summed E-state index contributed by atoms with van der Waals surface area (Å²) in [5, 5.41) is 3.52. The number of sulfonamides is 1. The number of halogens is 2. The van der Waals surface area contributed by atoms with E-state index in [1.54, 1.807) is 61.5 Å². The molecule has 3 aromatic carbocycles. The van der Waals surface area contributed by atoms with Gasteiger partial charge in [0, 0.05) is 33.6 Å². The molecule has 12 heteroatoms. The molecule has 232 valence electrons. The third-order valence-electron chi connectivity index (χ3n) is 6.69. The lowest BCUT2D eigenvalue weighted by Gasteiger charge is -2.33. The highest BCUT2D eigenvalue weighted by Gasteiger charge is 2.34. The quantitative estimate of drug-likeness (QED) is 0.183. The molecule has 1 N–H and O–H groups in total. The normalized spacial score (nSPS) is 12.0. The number of hydrogen-bond donors (Lipinski definition) is 1. The van der Waals surface area contributed by atoms with E-state index in [0.29, 0.717) is 40.9 Å². The molecule has 0 aliphatic rings. The minimum atomic E-state index is -4.21. The third-order valence-corrected chi connectivity index (χ3v) is 9.93. The molecule has 0 heterocycles. The zero-order chi connectivity index (χ0) is 31.6. The number of rotatable bonds is 15. The van der Waals surface area contributed by atoms with Crippen molar-refractivity contribution in [3.8, 4) is 5.75 Å². The van der Waals surface area contributed by atoms with Gasteiger partial charge in [0.25, 0.3) is 10.0 Å². The smallest absolute Gasteiger partial charge is 0.264 e. The van der Waals surface area contributed by atoms with Crippen molar-refractivity contribution in [3.05, 3.63) is 82.3 Å². The highest BCUT2D eigenvalue weighted by molar-refractivity contribution is 7.98. The molecule has 3 rings (SSSR count). The van der Waals surface area contributed by atoms with Crippen LogP contribution in [0.4, 0.5) is 5.69 Å². The number of amides is 2. The summed E-state index contributed by atoms with van der Waals surface area (Å²) in [6, 6.07) is 17.0. The number of nitrogens with one attached hydrogen (secondary N) is 1. The van der Waals surface area contributed by atoms with Crippen LogP contribution in [0.25, 0.3) is 0 Å². The number of carbonyl (C=O) groups is 2. The topological polar surface area (TPSA) is 96.0 Å². The van der Waals surface area contributed by atoms with Crippen LogP contribution >= 0.6 is 35.0 Å². The second-order valence-electron chi connectivity index (χ2n) is 9.55. The zero-order valence-electron chi connectivity index (χ0n) is 24.7. The Morgan fingerprint density at radius 1 is 0.953 bits per heavy atom. The Hall–Kier alpha value is -2.92. The van der Waals surface area contributed by atoms with Gasteiger partial charge in [0.15, 0.2) is 0 Å². The van der Waals surface area contributed by atoms with Gasteiger partial charge in [0.1, 0.15) is 18.3 Å². The fourth-order valence-electron chi connectivity index (χ4n) is 4.42. The summed E-state index contributed by atoms with van der Waals surface area (Å²) in [4.78, 5) is 29.7. The predicted octanol–water partition coefficient (Wildman–Crippen LogP) is 6.64. The largest absolute Gasteiger partial charge is 0.494 e. The van der Waals surface area contributed by atoms with E-state index in [0.717, 1.165) is 9.20 Å². The third kappa shape index (κ3) is 8.81. The fourth-order valence-corrected chi connectivity index (χ4v) is 6.76. The van der Waals surface area contributed by atoms with Crippen molar-refractivity contribution in [1.82, 2.24) is 10.2 Å². The molecule has 0 aliphatic heterocycles. The molecule has 0 spiro atoms. The maximum atomic E-state index is 14.2. The highest BCUT2D eigenvalue weighted by Crippen LogP contribution is 2.30. The summed E-state index contributed by atoms with van der Waals surface area (Å²) in [6.45, 7) is 5.79. The molecule has 1 atom stereocenters.